The highest BCUT2D eigenvalue weighted by atomic mass is 31.2. The van der Waals surface area contributed by atoms with E-state index in [1.807, 2.05) is 36.4 Å². The molecule has 5 heterocycles. The van der Waals surface area contributed by atoms with Gasteiger partial charge in [0.05, 0.1) is 17.2 Å². The lowest BCUT2D eigenvalue weighted by Crippen LogP contribution is -2.61. The van der Waals surface area contributed by atoms with Gasteiger partial charge in [0, 0.05) is 60.5 Å². The highest BCUT2D eigenvalue weighted by Gasteiger charge is 2.51. The number of piperidine rings is 1. The molecule has 3 fully saturated rings. The van der Waals surface area contributed by atoms with E-state index in [0.29, 0.717) is 4.90 Å². The molecule has 25 heteroatoms. The molecular formula is C52H51F3N9O12P. The molecule has 21 nitrogen and oxygen atoms in total. The lowest BCUT2D eigenvalue weighted by Gasteiger charge is -2.39. The number of carbonyl (C=O) groups is 9. The molecule has 3 saturated heterocycles. The number of aromatic amines is 1. The van der Waals surface area contributed by atoms with Crippen LogP contribution in [-0.2, 0) is 45.5 Å². The summed E-state index contributed by atoms with van der Waals surface area (Å²) in [5.74, 6) is -8.49. The maximum Gasteiger partial charge on any atom is 0.399 e. The number of alkyl halides is 2. The standard InChI is InChI=1S/C52H51F3N9O12P/c53-43-29(11-14-33-42(43)51(73)64(49(33)71)39-18-20-41(66)60-48(39)70)25-62-22-21-32-13-17-38(47(69)58-35(16-19-40(56)65)45(67)61-44(27-7-3-1-4-8-27)28-9-5-2-6-10-28)63(32)50(72)37(26-62)59-46(68)36-24-30-23-31(12-15-34(30)57-36)52(54,55)77(74,75)76/h1-12,14-15,23-24,32,35,37-39,44,57H,13,16-22,25-26H2,(H2,56,65)(H,58,69)(H,59,68)(H,61,67)(H,60,66,70)(H2,74,75,76)/t32-,35+,37+,38+,39?/m1/s1. The quantitative estimate of drug-likeness (QED) is 0.0522. The number of aromatic nitrogens is 1. The maximum absolute atomic E-state index is 16.6. The Bertz CT molecular complexity index is 3250. The average molecular weight is 1080 g/mol. The van der Waals surface area contributed by atoms with E-state index in [-0.39, 0.29) is 92.3 Å². The van der Waals surface area contributed by atoms with Crippen LogP contribution in [0.1, 0.15) is 104 Å². The van der Waals surface area contributed by atoms with Crippen LogP contribution in [0.3, 0.4) is 0 Å². The van der Waals surface area contributed by atoms with Crippen LogP contribution < -0.4 is 27.0 Å². The van der Waals surface area contributed by atoms with E-state index >= 15 is 9.18 Å². The number of H-pyrrole nitrogens is 1. The fraction of sp³-hybridized carbons (Fsp3) is 0.327. The number of amides is 9. The van der Waals surface area contributed by atoms with Crippen LogP contribution in [0.25, 0.3) is 10.9 Å². The Kier molecular flexibility index (Phi) is 15.0. The molecule has 0 saturated carbocycles. The summed E-state index contributed by atoms with van der Waals surface area (Å²) in [6.45, 7) is -0.577. The molecule has 9 N–H and O–H groups in total. The number of hydrogen-bond acceptors (Lipinski definition) is 11. The second-order valence-corrected chi connectivity index (χ2v) is 21.0. The van der Waals surface area contributed by atoms with Gasteiger partial charge in [-0.25, -0.2) is 4.39 Å². The van der Waals surface area contributed by atoms with Crippen molar-refractivity contribution in [2.75, 3.05) is 13.1 Å². The molecule has 1 unspecified atom stereocenters. The lowest BCUT2D eigenvalue weighted by molar-refractivity contribution is -0.144. The smallest absolute Gasteiger partial charge is 0.370 e. The molecule has 9 rings (SSSR count). The molecular weight excluding hydrogens is 1030 g/mol. The second kappa shape index (κ2) is 21.5. The fourth-order valence-corrected chi connectivity index (χ4v) is 10.9. The van der Waals surface area contributed by atoms with E-state index in [2.05, 4.69) is 26.3 Å². The number of nitrogens with one attached hydrogen (secondary N) is 5. The molecule has 0 bridgehead atoms. The highest BCUT2D eigenvalue weighted by Crippen LogP contribution is 2.59. The summed E-state index contributed by atoms with van der Waals surface area (Å²) in [4.78, 5) is 147. The Balaban J connectivity index is 0.995. The van der Waals surface area contributed by atoms with Crippen LogP contribution in [0.5, 0.6) is 0 Å². The Morgan fingerprint density at radius 3 is 2.18 bits per heavy atom. The van der Waals surface area contributed by atoms with Crippen molar-refractivity contribution in [3.8, 4) is 0 Å². The van der Waals surface area contributed by atoms with E-state index < -0.39 is 120 Å². The molecule has 4 aliphatic heterocycles. The van der Waals surface area contributed by atoms with Gasteiger partial charge in [0.15, 0.2) is 0 Å². The van der Waals surface area contributed by atoms with E-state index in [9.17, 15) is 61.5 Å². The summed E-state index contributed by atoms with van der Waals surface area (Å²) < 4.78 is 57.7. The lowest BCUT2D eigenvalue weighted by atomic mass is 9.98. The van der Waals surface area contributed by atoms with Crippen LogP contribution >= 0.6 is 7.60 Å². The first kappa shape index (κ1) is 53.8. The number of halogens is 3. The monoisotopic (exact) mass is 1080 g/mol. The highest BCUT2D eigenvalue weighted by molar-refractivity contribution is 7.52. The zero-order chi connectivity index (χ0) is 55.1. The Morgan fingerprint density at radius 2 is 1.53 bits per heavy atom. The minimum Gasteiger partial charge on any atom is -0.370 e. The summed E-state index contributed by atoms with van der Waals surface area (Å²) in [5, 5.41) is 10.4. The van der Waals surface area contributed by atoms with Gasteiger partial charge in [0.2, 0.25) is 35.4 Å². The van der Waals surface area contributed by atoms with Gasteiger partial charge in [-0.1, -0.05) is 72.8 Å². The van der Waals surface area contributed by atoms with Crippen molar-refractivity contribution >= 4 is 71.7 Å². The van der Waals surface area contributed by atoms with E-state index in [4.69, 9.17) is 5.73 Å². The van der Waals surface area contributed by atoms with Crippen LogP contribution in [-0.4, -0.2) is 126 Å². The summed E-state index contributed by atoms with van der Waals surface area (Å²) in [6, 6.07) is 17.5. The summed E-state index contributed by atoms with van der Waals surface area (Å²) in [5.41, 5.74) is 0.167. The van der Waals surface area contributed by atoms with Gasteiger partial charge in [-0.3, -0.25) is 62.8 Å². The number of rotatable bonds is 16. The predicted octanol–water partition coefficient (Wildman–Crippen LogP) is 2.96. The number of imide groups is 2. The average Bonchev–Trinajstić information content (AvgIpc) is 4.16. The first-order valence-corrected chi connectivity index (χ1v) is 26.2. The fourth-order valence-electron chi connectivity index (χ4n) is 10.4. The number of fused-ring (bicyclic) bond motifs is 3. The number of hydrogen-bond donors (Lipinski definition) is 8. The Labute approximate surface area is 436 Å². The van der Waals surface area contributed by atoms with Gasteiger partial charge in [-0.05, 0) is 67.5 Å². The largest absolute Gasteiger partial charge is 0.399 e. The molecule has 0 aliphatic carbocycles. The van der Waals surface area contributed by atoms with Crippen molar-refractivity contribution < 1.29 is 70.7 Å². The van der Waals surface area contributed by atoms with Crippen molar-refractivity contribution in [3.63, 3.8) is 0 Å². The normalized spacial score (nSPS) is 20.6. The van der Waals surface area contributed by atoms with E-state index in [1.54, 1.807) is 29.2 Å². The number of benzene rings is 4. The molecule has 5 aromatic rings. The predicted molar refractivity (Wildman–Crippen MR) is 265 cm³/mol. The Morgan fingerprint density at radius 1 is 0.844 bits per heavy atom. The first-order chi connectivity index (χ1) is 36.6. The molecule has 4 aliphatic rings. The van der Waals surface area contributed by atoms with Crippen LogP contribution in [0.2, 0.25) is 0 Å². The first-order valence-electron chi connectivity index (χ1n) is 24.5. The zero-order valence-electron chi connectivity index (χ0n) is 40.7. The van der Waals surface area contributed by atoms with Gasteiger partial charge in [-0.2, -0.15) is 8.78 Å². The summed E-state index contributed by atoms with van der Waals surface area (Å²) in [6.07, 6.45) is -0.329. The van der Waals surface area contributed by atoms with Crippen LogP contribution in [0.15, 0.2) is 97.1 Å². The Hall–Kier alpha value is -8.05. The van der Waals surface area contributed by atoms with Gasteiger partial charge in [-0.15, -0.1) is 0 Å². The van der Waals surface area contributed by atoms with Crippen molar-refractivity contribution in [2.24, 2.45) is 5.73 Å². The minimum atomic E-state index is -5.97. The van der Waals surface area contributed by atoms with Crippen molar-refractivity contribution in [2.45, 2.75) is 93.4 Å². The third kappa shape index (κ3) is 10.9. The number of carbonyl (C=O) groups excluding carboxylic acids is 9. The molecule has 0 radical (unpaired) electrons. The zero-order valence-corrected chi connectivity index (χ0v) is 41.6. The van der Waals surface area contributed by atoms with Crippen molar-refractivity contribution in [1.29, 1.82) is 0 Å². The molecule has 4 aromatic carbocycles. The second-order valence-electron chi connectivity index (χ2n) is 19.4. The minimum absolute atomic E-state index is 0.0483. The van der Waals surface area contributed by atoms with Crippen LogP contribution in [0, 0.1) is 5.82 Å². The van der Waals surface area contributed by atoms with Gasteiger partial charge in [0.25, 0.3) is 17.7 Å². The molecule has 1 aromatic heterocycles. The van der Waals surface area contributed by atoms with E-state index in [0.717, 1.165) is 35.4 Å². The molecule has 9 amide bonds. The molecule has 77 heavy (non-hydrogen) atoms. The summed E-state index contributed by atoms with van der Waals surface area (Å²) >= 11 is 0. The number of nitrogens with zero attached hydrogens (tertiary/aromatic N) is 3. The number of nitrogens with two attached hydrogens (primary N) is 1. The third-order valence-corrected chi connectivity index (χ3v) is 15.3. The number of primary amides is 1. The summed E-state index contributed by atoms with van der Waals surface area (Å²) in [7, 11) is -5.97. The topological polar surface area (TPSA) is 311 Å². The molecule has 0 spiro atoms. The van der Waals surface area contributed by atoms with Gasteiger partial charge in [0.1, 0.15) is 35.7 Å². The van der Waals surface area contributed by atoms with Crippen molar-refractivity contribution in [1.82, 2.24) is 41.0 Å². The SMILES string of the molecule is NC(=O)CC[C@H](NC(=O)[C@@H]1CC[C@@H]2CCN(Cc3ccc4c(c3F)C(=O)N(C3CCC(=O)NC3=O)C4=O)C[C@H](NC(=O)c3cc4cc(C(F)(F)P(=O)(O)O)ccc4[nH]3)C(=O)N21)C(=O)NC(c1ccccc1)c1ccccc1. The maximum atomic E-state index is 16.6. The van der Waals surface area contributed by atoms with E-state index in [1.165, 1.54) is 17.0 Å². The van der Waals surface area contributed by atoms with Gasteiger partial charge >= 0.3 is 13.3 Å². The van der Waals surface area contributed by atoms with Gasteiger partial charge < -0.3 is 41.4 Å². The van der Waals surface area contributed by atoms with Crippen molar-refractivity contribution in [3.05, 3.63) is 142 Å². The van der Waals surface area contributed by atoms with Crippen LogP contribution in [0.4, 0.5) is 13.2 Å². The third-order valence-electron chi connectivity index (χ3n) is 14.3. The molecule has 402 valence electrons. The molecule has 5 atom stereocenters.